The van der Waals surface area contributed by atoms with Gasteiger partial charge in [0, 0.05) is 35.0 Å². The summed E-state index contributed by atoms with van der Waals surface area (Å²) in [7, 11) is -3.34. The summed E-state index contributed by atoms with van der Waals surface area (Å²) < 4.78 is 27.0. The fourth-order valence-corrected chi connectivity index (χ4v) is 6.21. The molecule has 0 aliphatic carbocycles. The Kier molecular flexibility index (Phi) is 4.08. The molecule has 7 heteroatoms. The Morgan fingerprint density at radius 3 is 2.72 bits per heavy atom. The van der Waals surface area contributed by atoms with E-state index in [1.54, 1.807) is 16.4 Å². The van der Waals surface area contributed by atoms with Gasteiger partial charge in [-0.2, -0.15) is 16.1 Å². The van der Waals surface area contributed by atoms with Crippen molar-refractivity contribution < 1.29 is 8.42 Å². The van der Waals surface area contributed by atoms with E-state index in [9.17, 15) is 8.42 Å². The highest BCUT2D eigenvalue weighted by Crippen LogP contribution is 2.33. The lowest BCUT2D eigenvalue weighted by Gasteiger charge is -2.36. The minimum absolute atomic E-state index is 0.0146. The number of thioether (sulfide) groups is 1. The first-order valence-electron chi connectivity index (χ1n) is 5.78. The molecule has 1 aromatic heterocycles. The molecule has 2 heterocycles. The highest BCUT2D eigenvalue weighted by molar-refractivity contribution is 8.00. The highest BCUT2D eigenvalue weighted by Gasteiger charge is 2.35. The van der Waals surface area contributed by atoms with E-state index in [0.717, 1.165) is 10.6 Å². The zero-order valence-corrected chi connectivity index (χ0v) is 13.0. The van der Waals surface area contributed by atoms with Gasteiger partial charge in [0.25, 0.3) is 10.0 Å². The lowest BCUT2D eigenvalue weighted by atomic mass is 10.2. The van der Waals surface area contributed by atoms with Gasteiger partial charge in [-0.25, -0.2) is 8.42 Å². The third-order valence-corrected chi connectivity index (χ3v) is 7.54. The molecule has 0 atom stereocenters. The van der Waals surface area contributed by atoms with Gasteiger partial charge >= 0.3 is 0 Å². The molecule has 0 unspecified atom stereocenters. The maximum absolute atomic E-state index is 12.5. The Labute approximate surface area is 117 Å². The molecule has 1 aromatic rings. The number of hydrogen-bond donors (Lipinski definition) is 1. The van der Waals surface area contributed by atoms with E-state index in [2.05, 4.69) is 13.8 Å². The second-order valence-electron chi connectivity index (χ2n) is 4.87. The molecule has 2 N–H and O–H groups in total. The average Bonchev–Trinajstić information content (AvgIpc) is 2.76. The molecule has 102 valence electrons. The normalized spacial score (nSPS) is 21.1. The minimum Gasteiger partial charge on any atom is -0.326 e. The van der Waals surface area contributed by atoms with Crippen LogP contribution in [0.4, 0.5) is 0 Å². The van der Waals surface area contributed by atoms with Gasteiger partial charge in [-0.05, 0) is 26.0 Å². The van der Waals surface area contributed by atoms with Crippen LogP contribution in [0.1, 0.15) is 18.7 Å². The average molecular weight is 306 g/mol. The summed E-state index contributed by atoms with van der Waals surface area (Å²) in [4.78, 5) is 0.902. The number of nitrogens with two attached hydrogens (primary N) is 1. The van der Waals surface area contributed by atoms with Crippen LogP contribution < -0.4 is 5.73 Å². The SMILES string of the molecule is CC1(C)CN(S(=O)(=O)c2ccc(CN)s2)CCS1. The molecule has 4 nitrogen and oxygen atoms in total. The van der Waals surface area contributed by atoms with E-state index in [-0.39, 0.29) is 4.75 Å². The Bertz CT molecular complexity index is 522. The number of nitrogens with zero attached hydrogens (tertiary/aromatic N) is 1. The number of sulfonamides is 1. The number of thiophene rings is 1. The molecule has 0 spiro atoms. The van der Waals surface area contributed by atoms with Crippen molar-refractivity contribution in [2.75, 3.05) is 18.8 Å². The predicted octanol–water partition coefficient (Wildman–Crippen LogP) is 1.72. The zero-order chi connectivity index (χ0) is 13.4. The van der Waals surface area contributed by atoms with Crippen molar-refractivity contribution in [3.63, 3.8) is 0 Å². The van der Waals surface area contributed by atoms with Crippen LogP contribution in [0.5, 0.6) is 0 Å². The van der Waals surface area contributed by atoms with E-state index >= 15 is 0 Å². The van der Waals surface area contributed by atoms with Gasteiger partial charge in [0.1, 0.15) is 4.21 Å². The molecule has 1 fully saturated rings. The van der Waals surface area contributed by atoms with Crippen LogP contribution in [0.3, 0.4) is 0 Å². The van der Waals surface area contributed by atoms with E-state index in [0.29, 0.717) is 23.8 Å². The van der Waals surface area contributed by atoms with Crippen molar-refractivity contribution >= 4 is 33.1 Å². The van der Waals surface area contributed by atoms with Gasteiger partial charge < -0.3 is 5.73 Å². The van der Waals surface area contributed by atoms with E-state index < -0.39 is 10.0 Å². The van der Waals surface area contributed by atoms with Crippen LogP contribution in [-0.2, 0) is 16.6 Å². The number of rotatable bonds is 3. The van der Waals surface area contributed by atoms with Gasteiger partial charge in [0.05, 0.1) is 0 Å². The second-order valence-corrected chi connectivity index (χ2v) is 10.0. The van der Waals surface area contributed by atoms with Crippen LogP contribution >= 0.6 is 23.1 Å². The van der Waals surface area contributed by atoms with E-state index in [4.69, 9.17) is 5.73 Å². The molecule has 1 aliphatic heterocycles. The predicted molar refractivity (Wildman–Crippen MR) is 77.5 cm³/mol. The molecule has 18 heavy (non-hydrogen) atoms. The summed E-state index contributed by atoms with van der Waals surface area (Å²) in [6.45, 7) is 5.71. The molecular weight excluding hydrogens is 288 g/mol. The lowest BCUT2D eigenvalue weighted by Crippen LogP contribution is -2.45. The van der Waals surface area contributed by atoms with Gasteiger partial charge in [-0.3, -0.25) is 0 Å². The summed E-state index contributed by atoms with van der Waals surface area (Å²) in [6.07, 6.45) is 0. The maximum atomic E-state index is 12.5. The third-order valence-electron chi connectivity index (χ3n) is 2.82. The van der Waals surface area contributed by atoms with E-state index in [1.807, 2.05) is 11.8 Å². The summed E-state index contributed by atoms with van der Waals surface area (Å²) in [5.41, 5.74) is 5.53. The van der Waals surface area contributed by atoms with Crippen LogP contribution in [-0.4, -0.2) is 36.3 Å². The maximum Gasteiger partial charge on any atom is 0.252 e. The summed E-state index contributed by atoms with van der Waals surface area (Å²) in [5, 5.41) is 0. The van der Waals surface area contributed by atoms with Gasteiger partial charge in [-0.1, -0.05) is 0 Å². The molecular formula is C11H18N2O2S3. The largest absolute Gasteiger partial charge is 0.326 e. The highest BCUT2D eigenvalue weighted by atomic mass is 32.2. The van der Waals surface area contributed by atoms with Crippen LogP contribution in [0.15, 0.2) is 16.3 Å². The first-order chi connectivity index (χ1) is 8.35. The standard InChI is InChI=1S/C11H18N2O2S3/c1-11(2)8-13(5-6-16-11)18(14,15)10-4-3-9(7-12)17-10/h3-4H,5-8,12H2,1-2H3. The molecule has 0 amide bonds. The Balaban J connectivity index is 2.25. The Hall–Kier alpha value is -0.0800. The summed E-state index contributed by atoms with van der Waals surface area (Å²) in [5.74, 6) is 0.849. The quantitative estimate of drug-likeness (QED) is 0.923. The van der Waals surface area contributed by atoms with Gasteiger partial charge in [0.2, 0.25) is 0 Å². The lowest BCUT2D eigenvalue weighted by molar-refractivity contribution is 0.388. The van der Waals surface area contributed by atoms with Crippen LogP contribution in [0, 0.1) is 0 Å². The van der Waals surface area contributed by atoms with Crippen LogP contribution in [0.25, 0.3) is 0 Å². The van der Waals surface area contributed by atoms with Crippen molar-refractivity contribution in [3.8, 4) is 0 Å². The number of hydrogen-bond acceptors (Lipinski definition) is 5. The third kappa shape index (κ3) is 2.91. The van der Waals surface area contributed by atoms with Crippen molar-refractivity contribution in [3.05, 3.63) is 17.0 Å². The summed E-state index contributed by atoms with van der Waals surface area (Å²) in [6, 6.07) is 3.46. The minimum atomic E-state index is -3.34. The van der Waals surface area contributed by atoms with Crippen molar-refractivity contribution in [1.29, 1.82) is 0 Å². The first kappa shape index (κ1) is 14.3. The molecule has 1 saturated heterocycles. The van der Waals surface area contributed by atoms with Crippen LogP contribution in [0.2, 0.25) is 0 Å². The molecule has 0 aromatic carbocycles. The molecule has 0 radical (unpaired) electrons. The Morgan fingerprint density at radius 1 is 1.44 bits per heavy atom. The molecule has 0 bridgehead atoms. The molecule has 0 saturated carbocycles. The summed E-state index contributed by atoms with van der Waals surface area (Å²) >= 11 is 3.09. The van der Waals surface area contributed by atoms with E-state index in [1.165, 1.54) is 11.3 Å². The first-order valence-corrected chi connectivity index (χ1v) is 9.02. The monoisotopic (exact) mass is 306 g/mol. The van der Waals surface area contributed by atoms with Crippen molar-refractivity contribution in [2.45, 2.75) is 29.3 Å². The zero-order valence-electron chi connectivity index (χ0n) is 10.5. The van der Waals surface area contributed by atoms with Crippen molar-refractivity contribution in [1.82, 2.24) is 4.31 Å². The topological polar surface area (TPSA) is 63.4 Å². The Morgan fingerprint density at radius 2 is 2.17 bits per heavy atom. The second kappa shape index (κ2) is 5.13. The smallest absolute Gasteiger partial charge is 0.252 e. The van der Waals surface area contributed by atoms with Gasteiger partial charge in [-0.15, -0.1) is 11.3 Å². The molecule has 2 rings (SSSR count). The van der Waals surface area contributed by atoms with Gasteiger partial charge in [0.15, 0.2) is 0 Å². The fraction of sp³-hybridized carbons (Fsp3) is 0.636. The van der Waals surface area contributed by atoms with Crippen molar-refractivity contribution in [2.24, 2.45) is 5.73 Å². The fourth-order valence-electron chi connectivity index (χ4n) is 1.91. The molecule has 1 aliphatic rings.